The Kier molecular flexibility index (Phi) is 5.44. The van der Waals surface area contributed by atoms with Gasteiger partial charge in [0.15, 0.2) is 0 Å². The first-order chi connectivity index (χ1) is 5.48. The molecule has 1 radical (unpaired) electrons. The minimum atomic E-state index is -4.21. The van der Waals surface area contributed by atoms with Gasteiger partial charge in [0, 0.05) is 13.6 Å². The first kappa shape index (κ1) is 11.9. The number of nitrogens with zero attached hydrogens (tertiary/aromatic N) is 1. The summed E-state index contributed by atoms with van der Waals surface area (Å²) in [6, 6.07) is 0. The van der Waals surface area contributed by atoms with E-state index in [0.717, 1.165) is 30.0 Å². The van der Waals surface area contributed by atoms with Crippen molar-refractivity contribution in [2.75, 3.05) is 13.6 Å². The van der Waals surface area contributed by atoms with Crippen LogP contribution in [-0.2, 0) is 14.9 Å². The van der Waals surface area contributed by atoms with Gasteiger partial charge in [0.05, 0.1) is 0 Å². The van der Waals surface area contributed by atoms with Gasteiger partial charge in [-0.2, -0.15) is 12.7 Å². The Morgan fingerprint density at radius 2 is 1.75 bits per heavy atom. The van der Waals surface area contributed by atoms with Gasteiger partial charge in [-0.15, -0.1) is 0 Å². The Labute approximate surface area is 74.5 Å². The second-order valence-electron chi connectivity index (χ2n) is 2.84. The van der Waals surface area contributed by atoms with E-state index in [1.165, 1.54) is 7.05 Å². The molecule has 0 saturated carbocycles. The van der Waals surface area contributed by atoms with E-state index in [-0.39, 0.29) is 0 Å². The van der Waals surface area contributed by atoms with E-state index in [0.29, 0.717) is 6.54 Å². The van der Waals surface area contributed by atoms with Gasteiger partial charge < -0.3 is 0 Å². The van der Waals surface area contributed by atoms with Gasteiger partial charge in [-0.3, -0.25) is 0 Å². The zero-order valence-electron chi connectivity index (χ0n) is 7.62. The Morgan fingerprint density at radius 1 is 1.17 bits per heavy atom. The predicted octanol–water partition coefficient (Wildman–Crippen LogP) is 1.17. The molecule has 0 N–H and O–H groups in total. The molecule has 0 rings (SSSR count). The highest BCUT2D eigenvalue weighted by atomic mass is 32.2. The molecule has 0 aliphatic rings. The zero-order valence-corrected chi connectivity index (χ0v) is 8.43. The smallest absolute Gasteiger partial charge is 0.180 e. The number of unbranched alkanes of at least 4 members (excludes halogenated alkanes) is 3. The molecule has 0 spiro atoms. The topological polar surface area (TPSA) is 57.3 Å². The molecule has 0 bridgehead atoms. The number of rotatable bonds is 6. The van der Waals surface area contributed by atoms with Gasteiger partial charge in [-0.05, 0) is 6.42 Å². The van der Waals surface area contributed by atoms with Crippen LogP contribution in [0.1, 0.15) is 32.6 Å². The van der Waals surface area contributed by atoms with Crippen molar-refractivity contribution < 1.29 is 13.0 Å². The average Bonchev–Trinajstić information content (AvgIpc) is 1.96. The predicted molar refractivity (Wildman–Crippen MR) is 46.4 cm³/mol. The summed E-state index contributed by atoms with van der Waals surface area (Å²) in [5, 5.41) is 0. The number of hydrogen-bond donors (Lipinski definition) is 0. The summed E-state index contributed by atoms with van der Waals surface area (Å²) in [6.07, 6.45) is 3.95. The fraction of sp³-hybridized carbons (Fsp3) is 1.00. The highest BCUT2D eigenvalue weighted by molar-refractivity contribution is 7.83. The maximum Gasteiger partial charge on any atom is 0.365 e. The van der Waals surface area contributed by atoms with Crippen LogP contribution < -0.4 is 0 Å². The highest BCUT2D eigenvalue weighted by Gasteiger charge is 2.13. The van der Waals surface area contributed by atoms with E-state index in [1.807, 2.05) is 0 Å². The summed E-state index contributed by atoms with van der Waals surface area (Å²) < 4.78 is 31.9. The van der Waals surface area contributed by atoms with Gasteiger partial charge in [-0.1, -0.05) is 30.7 Å². The largest absolute Gasteiger partial charge is 0.365 e. The first-order valence-corrected chi connectivity index (χ1v) is 5.52. The fourth-order valence-corrected chi connectivity index (χ4v) is 1.23. The molecule has 0 atom stereocenters. The van der Waals surface area contributed by atoms with Gasteiger partial charge in [0.25, 0.3) is 0 Å². The van der Waals surface area contributed by atoms with E-state index < -0.39 is 10.3 Å². The van der Waals surface area contributed by atoms with Crippen molar-refractivity contribution in [3.8, 4) is 0 Å². The Balaban J connectivity index is 3.52. The quantitative estimate of drug-likeness (QED) is 0.596. The summed E-state index contributed by atoms with van der Waals surface area (Å²) in [7, 11) is -2.89. The van der Waals surface area contributed by atoms with Crippen LogP contribution in [0.2, 0.25) is 0 Å². The Morgan fingerprint density at radius 3 is 2.17 bits per heavy atom. The lowest BCUT2D eigenvalue weighted by molar-refractivity contribution is 0.337. The standard InChI is InChI=1S/C7H16NO3S/c1-3-4-5-6-7-8(2)12(9,10)11/h3-7H2,1-2H3. The number of hydrogen-bond acceptors (Lipinski definition) is 2. The highest BCUT2D eigenvalue weighted by Crippen LogP contribution is 2.02. The van der Waals surface area contributed by atoms with E-state index in [2.05, 4.69) is 6.92 Å². The molecule has 0 saturated heterocycles. The summed E-state index contributed by atoms with van der Waals surface area (Å²) >= 11 is 0. The SMILES string of the molecule is CCCCCCN(C)S([O])(=O)=O. The van der Waals surface area contributed by atoms with Crippen molar-refractivity contribution in [2.45, 2.75) is 32.6 Å². The lowest BCUT2D eigenvalue weighted by Crippen LogP contribution is -2.25. The maximum atomic E-state index is 10.4. The Bertz CT molecular complexity index is 201. The second kappa shape index (κ2) is 5.50. The third-order valence-electron chi connectivity index (χ3n) is 1.71. The first-order valence-electron chi connectivity index (χ1n) is 4.15. The van der Waals surface area contributed by atoms with Gasteiger partial charge in [0.2, 0.25) is 0 Å². The summed E-state index contributed by atoms with van der Waals surface area (Å²) in [4.78, 5) is 0. The molecule has 0 aromatic carbocycles. The summed E-state index contributed by atoms with van der Waals surface area (Å²) in [6.45, 7) is 2.42. The molecule has 0 aliphatic heterocycles. The third-order valence-corrected chi connectivity index (χ3v) is 2.65. The molecular formula is C7H16NO3S. The third kappa shape index (κ3) is 5.51. The molecule has 73 valence electrons. The normalized spacial score (nSPS) is 12.3. The monoisotopic (exact) mass is 194 g/mol. The lowest BCUT2D eigenvalue weighted by Gasteiger charge is -2.09. The lowest BCUT2D eigenvalue weighted by atomic mass is 10.2. The van der Waals surface area contributed by atoms with Crippen molar-refractivity contribution in [3.63, 3.8) is 0 Å². The van der Waals surface area contributed by atoms with Crippen LogP contribution >= 0.6 is 0 Å². The summed E-state index contributed by atoms with van der Waals surface area (Å²) in [5.74, 6) is 0. The van der Waals surface area contributed by atoms with E-state index >= 15 is 0 Å². The molecule has 5 heteroatoms. The van der Waals surface area contributed by atoms with E-state index in [9.17, 15) is 13.0 Å². The molecule has 0 fully saturated rings. The van der Waals surface area contributed by atoms with Gasteiger partial charge in [-0.25, -0.2) is 0 Å². The van der Waals surface area contributed by atoms with Crippen molar-refractivity contribution in [1.29, 1.82) is 0 Å². The minimum absolute atomic E-state index is 0.339. The van der Waals surface area contributed by atoms with Crippen LogP contribution in [0, 0.1) is 0 Å². The minimum Gasteiger partial charge on any atom is -0.180 e. The molecular weight excluding hydrogens is 178 g/mol. The van der Waals surface area contributed by atoms with E-state index in [1.54, 1.807) is 0 Å². The molecule has 0 amide bonds. The molecule has 4 nitrogen and oxygen atoms in total. The molecule has 12 heavy (non-hydrogen) atoms. The molecule has 0 aromatic rings. The Hall–Kier alpha value is -0.130. The van der Waals surface area contributed by atoms with Crippen molar-refractivity contribution in [2.24, 2.45) is 0 Å². The van der Waals surface area contributed by atoms with Crippen LogP contribution in [0.5, 0.6) is 0 Å². The molecule has 0 unspecified atom stereocenters. The van der Waals surface area contributed by atoms with Crippen LogP contribution in [0.3, 0.4) is 0 Å². The molecule has 0 aliphatic carbocycles. The molecule has 0 aromatic heterocycles. The van der Waals surface area contributed by atoms with Crippen LogP contribution in [-0.4, -0.2) is 26.3 Å². The summed E-state index contributed by atoms with van der Waals surface area (Å²) in [5.41, 5.74) is 0. The zero-order chi connectivity index (χ0) is 9.61. The van der Waals surface area contributed by atoms with Crippen molar-refractivity contribution in [1.82, 2.24) is 4.31 Å². The van der Waals surface area contributed by atoms with Gasteiger partial charge >= 0.3 is 10.3 Å². The maximum absolute atomic E-state index is 10.4. The van der Waals surface area contributed by atoms with Crippen LogP contribution in [0.15, 0.2) is 0 Å². The average molecular weight is 194 g/mol. The van der Waals surface area contributed by atoms with Crippen LogP contribution in [0.25, 0.3) is 0 Å². The fourth-order valence-electron chi connectivity index (χ4n) is 0.873. The van der Waals surface area contributed by atoms with Gasteiger partial charge in [0.1, 0.15) is 0 Å². The second-order valence-corrected chi connectivity index (χ2v) is 4.32. The van der Waals surface area contributed by atoms with E-state index in [4.69, 9.17) is 0 Å². The molecule has 0 heterocycles. The van der Waals surface area contributed by atoms with Crippen molar-refractivity contribution in [3.05, 3.63) is 0 Å². The van der Waals surface area contributed by atoms with Crippen molar-refractivity contribution >= 4 is 10.3 Å². The van der Waals surface area contributed by atoms with Crippen LogP contribution in [0.4, 0.5) is 0 Å².